The molecule has 2 aliphatic heterocycles. The van der Waals surface area contributed by atoms with E-state index in [9.17, 15) is 59.7 Å². The monoisotopic (exact) mass is 844 g/mol. The molecule has 334 valence electrons. The fourth-order valence-electron chi connectivity index (χ4n) is 6.10. The molecule has 22 heteroatoms. The number of imide groups is 1. The van der Waals surface area contributed by atoms with Gasteiger partial charge in [0.1, 0.15) is 42.7 Å². The standard InChI is InChI=1S/C37H60N6O16/c1-21-29(49)31(51)33(53)36(58-21)56-14-12-40-27(47)18-43(19-28(48)41-13-15-57-37-34(54)32(52)30(50)24(20-44)59-37)17-26(46)39-11-7-3-6-10-25(45)42-35(55)23(38)16-22-8-4-2-5-9-22/h2,4-5,8-9,21,23-24,29-34,36-37,44,49-54H,3,6-7,10-20,38H2,1H3,(H,39,46)(H,40,47)(H,41,48)(H,42,45,55)/t21-,23-,24+,29+,30+,31+,32-,33-,34-,36+,37-/m0/s1. The van der Waals surface area contributed by atoms with Crippen LogP contribution >= 0.6 is 0 Å². The number of aliphatic hydroxyl groups excluding tert-OH is 7. The Morgan fingerprint density at radius 3 is 1.78 bits per heavy atom. The van der Waals surface area contributed by atoms with Crippen molar-refractivity contribution in [1.82, 2.24) is 26.2 Å². The molecule has 2 aliphatic rings. The molecule has 2 heterocycles. The Labute approximate surface area is 341 Å². The minimum absolute atomic E-state index is 0.0762. The van der Waals surface area contributed by atoms with Crippen LogP contribution in [0.4, 0.5) is 0 Å². The Morgan fingerprint density at radius 1 is 0.695 bits per heavy atom. The molecular formula is C37H60N6O16. The molecule has 5 amide bonds. The van der Waals surface area contributed by atoms with Gasteiger partial charge in [-0.05, 0) is 31.7 Å². The third kappa shape index (κ3) is 17.0. The summed E-state index contributed by atoms with van der Waals surface area (Å²) < 4.78 is 21.4. The summed E-state index contributed by atoms with van der Waals surface area (Å²) in [5, 5.41) is 79.3. The first-order valence-electron chi connectivity index (χ1n) is 19.5. The van der Waals surface area contributed by atoms with E-state index < -0.39 is 117 Å². The van der Waals surface area contributed by atoms with Crippen LogP contribution in [0, 0.1) is 0 Å². The van der Waals surface area contributed by atoms with Crippen molar-refractivity contribution in [3.05, 3.63) is 35.9 Å². The van der Waals surface area contributed by atoms with Crippen molar-refractivity contribution in [2.24, 2.45) is 5.73 Å². The van der Waals surface area contributed by atoms with Gasteiger partial charge < -0.3 is 76.4 Å². The van der Waals surface area contributed by atoms with E-state index in [1.165, 1.54) is 11.8 Å². The van der Waals surface area contributed by atoms with Crippen LogP contribution in [-0.4, -0.2) is 197 Å². The lowest BCUT2D eigenvalue weighted by molar-refractivity contribution is -0.300. The topological polar surface area (TPSA) is 341 Å². The van der Waals surface area contributed by atoms with Gasteiger partial charge in [0.25, 0.3) is 0 Å². The van der Waals surface area contributed by atoms with Crippen molar-refractivity contribution in [2.45, 2.75) is 106 Å². The van der Waals surface area contributed by atoms with Crippen LogP contribution in [-0.2, 0) is 49.3 Å². The fraction of sp³-hybridized carbons (Fsp3) is 0.703. The molecule has 3 rings (SSSR count). The van der Waals surface area contributed by atoms with Crippen LogP contribution in [0.5, 0.6) is 0 Å². The van der Waals surface area contributed by atoms with E-state index in [0.717, 1.165) is 5.56 Å². The van der Waals surface area contributed by atoms with Crippen LogP contribution in [0.3, 0.4) is 0 Å². The first-order chi connectivity index (χ1) is 28.1. The highest BCUT2D eigenvalue weighted by Gasteiger charge is 2.44. The molecule has 0 bridgehead atoms. The highest BCUT2D eigenvalue weighted by Crippen LogP contribution is 2.22. The highest BCUT2D eigenvalue weighted by molar-refractivity contribution is 5.97. The van der Waals surface area contributed by atoms with E-state index in [2.05, 4.69) is 21.3 Å². The number of ether oxygens (including phenoxy) is 4. The Balaban J connectivity index is 1.41. The lowest BCUT2D eigenvalue weighted by Crippen LogP contribution is -2.59. The van der Waals surface area contributed by atoms with Gasteiger partial charge in [-0.15, -0.1) is 0 Å². The number of hydrogen-bond acceptors (Lipinski definition) is 18. The Hall–Kier alpha value is -3.75. The van der Waals surface area contributed by atoms with E-state index in [0.29, 0.717) is 19.3 Å². The Morgan fingerprint density at radius 2 is 1.22 bits per heavy atom. The van der Waals surface area contributed by atoms with Crippen LogP contribution in [0.2, 0.25) is 0 Å². The van der Waals surface area contributed by atoms with Crippen LogP contribution in [0.25, 0.3) is 0 Å². The van der Waals surface area contributed by atoms with Crippen molar-refractivity contribution in [2.75, 3.05) is 59.1 Å². The quantitative estimate of drug-likeness (QED) is 0.0431. The molecule has 11 atom stereocenters. The minimum Gasteiger partial charge on any atom is -0.394 e. The van der Waals surface area contributed by atoms with Crippen molar-refractivity contribution in [3.8, 4) is 0 Å². The van der Waals surface area contributed by atoms with E-state index in [-0.39, 0.29) is 52.2 Å². The molecule has 1 aromatic rings. The number of amides is 5. The third-order valence-electron chi connectivity index (χ3n) is 9.47. The second-order valence-corrected chi connectivity index (χ2v) is 14.3. The van der Waals surface area contributed by atoms with Crippen LogP contribution < -0.4 is 27.0 Å². The van der Waals surface area contributed by atoms with Crippen molar-refractivity contribution >= 4 is 29.5 Å². The smallest absolute Gasteiger partial charge is 0.243 e. The summed E-state index contributed by atoms with van der Waals surface area (Å²) in [5.74, 6) is -2.74. The van der Waals surface area contributed by atoms with Gasteiger partial charge in [0, 0.05) is 26.1 Å². The zero-order chi connectivity index (χ0) is 43.5. The number of nitrogens with zero attached hydrogens (tertiary/aromatic N) is 1. The van der Waals surface area contributed by atoms with E-state index in [4.69, 9.17) is 24.7 Å². The zero-order valence-corrected chi connectivity index (χ0v) is 33.0. The SMILES string of the molecule is C[C@@H]1O[C@@H](OCCNC(=O)CN(CC(=O)NCCCCCC(=O)NC(=O)[C@@H](N)Cc2ccccc2)CC(=O)NCCO[C@H]2O[C@H](CO)[C@@H](O)[C@H](O)[C@@H]2O)[C@@H](O)[C@H](O)[C@@H]1O. The van der Waals surface area contributed by atoms with Gasteiger partial charge in [-0.3, -0.25) is 34.2 Å². The van der Waals surface area contributed by atoms with Gasteiger partial charge in [-0.1, -0.05) is 36.8 Å². The minimum atomic E-state index is -1.64. The molecule has 2 fully saturated rings. The number of nitrogens with one attached hydrogen (secondary N) is 4. The molecule has 0 aliphatic carbocycles. The number of hydrogen-bond donors (Lipinski definition) is 12. The van der Waals surface area contributed by atoms with Gasteiger partial charge in [0.15, 0.2) is 12.6 Å². The first kappa shape index (κ1) is 49.6. The second kappa shape index (κ2) is 25.8. The molecule has 22 nitrogen and oxygen atoms in total. The fourth-order valence-corrected chi connectivity index (χ4v) is 6.10. The lowest BCUT2D eigenvalue weighted by atomic mass is 9.99. The van der Waals surface area contributed by atoms with Gasteiger partial charge in [0.05, 0.1) is 51.6 Å². The van der Waals surface area contributed by atoms with Gasteiger partial charge in [-0.2, -0.15) is 0 Å². The second-order valence-electron chi connectivity index (χ2n) is 14.3. The maximum absolute atomic E-state index is 12.8. The number of rotatable bonds is 24. The van der Waals surface area contributed by atoms with Crippen molar-refractivity contribution < 1.29 is 78.7 Å². The van der Waals surface area contributed by atoms with Crippen molar-refractivity contribution in [3.63, 3.8) is 0 Å². The van der Waals surface area contributed by atoms with E-state index >= 15 is 0 Å². The normalized spacial score (nSPS) is 27.4. The summed E-state index contributed by atoms with van der Waals surface area (Å²) >= 11 is 0. The van der Waals surface area contributed by atoms with Crippen molar-refractivity contribution in [1.29, 1.82) is 0 Å². The molecule has 59 heavy (non-hydrogen) atoms. The van der Waals surface area contributed by atoms with Crippen LogP contribution in [0.15, 0.2) is 30.3 Å². The van der Waals surface area contributed by atoms with Gasteiger partial charge >= 0.3 is 0 Å². The zero-order valence-electron chi connectivity index (χ0n) is 33.0. The Bertz CT molecular complexity index is 1460. The number of benzene rings is 1. The summed E-state index contributed by atoms with van der Waals surface area (Å²) in [6, 6.07) is 8.29. The number of aliphatic hydroxyl groups is 7. The average Bonchev–Trinajstić information content (AvgIpc) is 3.20. The molecule has 0 spiro atoms. The molecule has 2 saturated heterocycles. The summed E-state index contributed by atoms with van der Waals surface area (Å²) in [6.07, 6.45) is -12.0. The number of nitrogens with two attached hydrogens (primary N) is 1. The number of carbonyl (C=O) groups excluding carboxylic acids is 5. The largest absolute Gasteiger partial charge is 0.394 e. The van der Waals surface area contributed by atoms with Gasteiger partial charge in [0.2, 0.25) is 29.5 Å². The molecule has 1 aromatic carbocycles. The molecule has 13 N–H and O–H groups in total. The maximum atomic E-state index is 12.8. The summed E-state index contributed by atoms with van der Waals surface area (Å²) in [4.78, 5) is 64.3. The van der Waals surface area contributed by atoms with E-state index in [1.54, 1.807) is 0 Å². The van der Waals surface area contributed by atoms with Gasteiger partial charge in [-0.25, -0.2) is 0 Å². The summed E-state index contributed by atoms with van der Waals surface area (Å²) in [6.45, 7) is -0.699. The lowest BCUT2D eigenvalue weighted by Gasteiger charge is -2.39. The predicted molar refractivity (Wildman–Crippen MR) is 203 cm³/mol. The molecular weight excluding hydrogens is 784 g/mol. The average molecular weight is 845 g/mol. The highest BCUT2D eigenvalue weighted by atomic mass is 16.7. The molecule has 0 radical (unpaired) electrons. The molecule has 0 saturated carbocycles. The first-order valence-corrected chi connectivity index (χ1v) is 19.5. The Kier molecular flexibility index (Phi) is 21.7. The van der Waals surface area contributed by atoms with E-state index in [1.807, 2.05) is 30.3 Å². The number of unbranched alkanes of at least 4 members (excludes halogenated alkanes) is 2. The molecule has 0 unspecified atom stereocenters. The summed E-state index contributed by atoms with van der Waals surface area (Å²) in [7, 11) is 0. The number of carbonyl (C=O) groups is 5. The predicted octanol–water partition coefficient (Wildman–Crippen LogP) is -5.93. The maximum Gasteiger partial charge on any atom is 0.243 e. The van der Waals surface area contributed by atoms with Crippen LogP contribution in [0.1, 0.15) is 38.2 Å². The third-order valence-corrected chi connectivity index (χ3v) is 9.47. The summed E-state index contributed by atoms with van der Waals surface area (Å²) in [5.41, 5.74) is 6.80. The molecule has 0 aromatic heterocycles.